The molecule has 0 spiro atoms. The second kappa shape index (κ2) is 5.78. The Morgan fingerprint density at radius 3 is 2.53 bits per heavy atom. The zero-order valence-corrected chi connectivity index (χ0v) is 12.6. The van der Waals surface area contributed by atoms with Crippen LogP contribution in [0.2, 0.25) is 0 Å². The molecule has 1 nitrogen and oxygen atoms in total. The maximum Gasteiger partial charge on any atom is 0.0325 e. The van der Waals surface area contributed by atoms with Gasteiger partial charge in [-0.05, 0) is 64.9 Å². The van der Waals surface area contributed by atoms with Gasteiger partial charge in [-0.3, -0.25) is 0 Å². The zero-order valence-electron chi connectivity index (χ0n) is 9.61. The van der Waals surface area contributed by atoms with E-state index in [0.29, 0.717) is 0 Å². The molecule has 0 radical (unpaired) electrons. The second-order valence-corrected chi connectivity index (χ2v) is 6.20. The van der Waals surface area contributed by atoms with Gasteiger partial charge >= 0.3 is 0 Å². The monoisotopic (exact) mass is 355 g/mol. The maximum absolute atomic E-state index is 5.80. The van der Waals surface area contributed by atoms with Crippen LogP contribution in [-0.2, 0) is 5.75 Å². The van der Waals surface area contributed by atoms with Gasteiger partial charge in [0.25, 0.3) is 0 Å². The standard InChI is InChI=1S/C14H14INS/c1-10-2-7-13(16)8-14(10)17-9-11-3-5-12(15)6-4-11/h2-8H,9,16H2,1H3. The van der Waals surface area contributed by atoms with Crippen molar-refractivity contribution in [2.45, 2.75) is 17.6 Å². The predicted molar refractivity (Wildman–Crippen MR) is 84.3 cm³/mol. The zero-order chi connectivity index (χ0) is 12.3. The lowest BCUT2D eigenvalue weighted by Gasteiger charge is -2.06. The number of thioether (sulfide) groups is 1. The van der Waals surface area contributed by atoms with E-state index in [1.165, 1.54) is 19.6 Å². The number of halogens is 1. The van der Waals surface area contributed by atoms with Gasteiger partial charge in [0, 0.05) is 19.9 Å². The number of anilines is 1. The Hall–Kier alpha value is -0.680. The highest BCUT2D eigenvalue weighted by molar-refractivity contribution is 14.1. The van der Waals surface area contributed by atoms with Crippen LogP contribution in [-0.4, -0.2) is 0 Å². The van der Waals surface area contributed by atoms with E-state index in [2.05, 4.69) is 59.8 Å². The summed E-state index contributed by atoms with van der Waals surface area (Å²) in [5.74, 6) is 0.987. The summed E-state index contributed by atoms with van der Waals surface area (Å²) in [4.78, 5) is 1.27. The number of aryl methyl sites for hydroxylation is 1. The highest BCUT2D eigenvalue weighted by Gasteiger charge is 2.01. The highest BCUT2D eigenvalue weighted by Crippen LogP contribution is 2.27. The van der Waals surface area contributed by atoms with Gasteiger partial charge in [-0.1, -0.05) is 18.2 Å². The molecule has 0 unspecified atom stereocenters. The number of rotatable bonds is 3. The molecule has 0 amide bonds. The topological polar surface area (TPSA) is 26.0 Å². The molecule has 0 saturated carbocycles. The van der Waals surface area contributed by atoms with Crippen LogP contribution in [0.4, 0.5) is 5.69 Å². The van der Waals surface area contributed by atoms with E-state index in [-0.39, 0.29) is 0 Å². The fraction of sp³-hybridized carbons (Fsp3) is 0.143. The summed E-state index contributed by atoms with van der Waals surface area (Å²) < 4.78 is 1.27. The lowest BCUT2D eigenvalue weighted by molar-refractivity contribution is 1.29. The van der Waals surface area contributed by atoms with Crippen LogP contribution >= 0.6 is 34.4 Å². The fourth-order valence-electron chi connectivity index (χ4n) is 1.51. The molecule has 0 bridgehead atoms. The predicted octanol–water partition coefficient (Wildman–Crippen LogP) is 4.47. The molecule has 0 aromatic heterocycles. The van der Waals surface area contributed by atoms with Crippen molar-refractivity contribution in [2.75, 3.05) is 5.73 Å². The minimum atomic E-state index is 0.834. The highest BCUT2D eigenvalue weighted by atomic mass is 127. The SMILES string of the molecule is Cc1ccc(N)cc1SCc1ccc(I)cc1. The summed E-state index contributed by atoms with van der Waals surface area (Å²) in [7, 11) is 0. The maximum atomic E-state index is 5.80. The van der Waals surface area contributed by atoms with Crippen molar-refractivity contribution in [1.29, 1.82) is 0 Å². The molecule has 3 heteroatoms. The van der Waals surface area contributed by atoms with Crippen molar-refractivity contribution in [3.8, 4) is 0 Å². The Labute approximate surface area is 120 Å². The Kier molecular flexibility index (Phi) is 4.34. The first-order valence-corrected chi connectivity index (χ1v) is 7.45. The molecule has 2 aromatic carbocycles. The quantitative estimate of drug-likeness (QED) is 0.499. The molecule has 0 aliphatic carbocycles. The van der Waals surface area contributed by atoms with Crippen LogP contribution in [0.1, 0.15) is 11.1 Å². The van der Waals surface area contributed by atoms with Gasteiger partial charge in [0.2, 0.25) is 0 Å². The van der Waals surface area contributed by atoms with Crippen molar-refractivity contribution in [3.05, 3.63) is 57.2 Å². The molecule has 2 rings (SSSR count). The van der Waals surface area contributed by atoms with Crippen molar-refractivity contribution in [1.82, 2.24) is 0 Å². The van der Waals surface area contributed by atoms with Crippen molar-refractivity contribution in [2.24, 2.45) is 0 Å². The van der Waals surface area contributed by atoms with Gasteiger partial charge in [0.1, 0.15) is 0 Å². The molecule has 17 heavy (non-hydrogen) atoms. The normalized spacial score (nSPS) is 10.5. The van der Waals surface area contributed by atoms with Crippen molar-refractivity contribution >= 4 is 40.0 Å². The van der Waals surface area contributed by atoms with Crippen LogP contribution in [0.3, 0.4) is 0 Å². The third kappa shape index (κ3) is 3.64. The molecule has 2 N–H and O–H groups in total. The average Bonchev–Trinajstić information content (AvgIpc) is 2.32. The molecule has 2 aromatic rings. The third-order valence-electron chi connectivity index (χ3n) is 2.52. The smallest absolute Gasteiger partial charge is 0.0325 e. The van der Waals surface area contributed by atoms with E-state index < -0.39 is 0 Å². The summed E-state index contributed by atoms with van der Waals surface area (Å²) >= 11 is 4.16. The largest absolute Gasteiger partial charge is 0.399 e. The summed E-state index contributed by atoms with van der Waals surface area (Å²) in [6.07, 6.45) is 0. The van der Waals surface area contributed by atoms with Crippen LogP contribution in [0.5, 0.6) is 0 Å². The van der Waals surface area contributed by atoms with Crippen molar-refractivity contribution < 1.29 is 0 Å². The summed E-state index contributed by atoms with van der Waals surface area (Å²) in [5.41, 5.74) is 9.27. The minimum Gasteiger partial charge on any atom is -0.399 e. The molecular weight excluding hydrogens is 341 g/mol. The molecule has 0 aliphatic rings. The number of nitrogens with two attached hydrogens (primary N) is 1. The lowest BCUT2D eigenvalue weighted by Crippen LogP contribution is -1.88. The van der Waals surface area contributed by atoms with E-state index >= 15 is 0 Å². The fourth-order valence-corrected chi connectivity index (χ4v) is 2.90. The molecule has 0 fully saturated rings. The number of hydrogen-bond acceptors (Lipinski definition) is 2. The van der Waals surface area contributed by atoms with Crippen LogP contribution in [0.15, 0.2) is 47.4 Å². The van der Waals surface area contributed by atoms with Gasteiger partial charge in [-0.15, -0.1) is 11.8 Å². The van der Waals surface area contributed by atoms with Gasteiger partial charge in [0.05, 0.1) is 0 Å². The first-order chi connectivity index (χ1) is 8.15. The number of nitrogen functional groups attached to an aromatic ring is 1. The first-order valence-electron chi connectivity index (χ1n) is 5.38. The number of hydrogen-bond donors (Lipinski definition) is 1. The van der Waals surface area contributed by atoms with E-state index in [1.807, 2.05) is 23.9 Å². The molecule has 0 aliphatic heterocycles. The van der Waals surface area contributed by atoms with E-state index in [1.54, 1.807) is 0 Å². The van der Waals surface area contributed by atoms with E-state index in [0.717, 1.165) is 11.4 Å². The summed E-state index contributed by atoms with van der Waals surface area (Å²) in [6.45, 7) is 2.12. The Bertz CT molecular complexity index is 508. The Balaban J connectivity index is 2.07. The average molecular weight is 355 g/mol. The van der Waals surface area contributed by atoms with Gasteiger partial charge in [-0.2, -0.15) is 0 Å². The van der Waals surface area contributed by atoms with Gasteiger partial charge in [-0.25, -0.2) is 0 Å². The number of benzene rings is 2. The van der Waals surface area contributed by atoms with Crippen molar-refractivity contribution in [3.63, 3.8) is 0 Å². The minimum absolute atomic E-state index is 0.834. The summed E-state index contributed by atoms with van der Waals surface area (Å²) in [6, 6.07) is 14.7. The van der Waals surface area contributed by atoms with Crippen LogP contribution in [0, 0.1) is 10.5 Å². The Morgan fingerprint density at radius 2 is 1.82 bits per heavy atom. The third-order valence-corrected chi connectivity index (χ3v) is 4.47. The Morgan fingerprint density at radius 1 is 1.12 bits per heavy atom. The lowest BCUT2D eigenvalue weighted by atomic mass is 10.2. The van der Waals surface area contributed by atoms with E-state index in [4.69, 9.17) is 5.73 Å². The molecule has 0 atom stereocenters. The van der Waals surface area contributed by atoms with Gasteiger partial charge < -0.3 is 5.73 Å². The van der Waals surface area contributed by atoms with Crippen LogP contribution < -0.4 is 5.73 Å². The summed E-state index contributed by atoms with van der Waals surface area (Å²) in [5, 5.41) is 0. The van der Waals surface area contributed by atoms with Gasteiger partial charge in [0.15, 0.2) is 0 Å². The first kappa shape index (κ1) is 12.8. The van der Waals surface area contributed by atoms with Crippen LogP contribution in [0.25, 0.3) is 0 Å². The molecule has 88 valence electrons. The molecule has 0 heterocycles. The molecule has 0 saturated heterocycles. The second-order valence-electron chi connectivity index (χ2n) is 3.94. The van der Waals surface area contributed by atoms with E-state index in [9.17, 15) is 0 Å². The molecular formula is C14H14INS.